The highest BCUT2D eigenvalue weighted by Gasteiger charge is 2.10. The van der Waals surface area contributed by atoms with Crippen LogP contribution in [0.5, 0.6) is 0 Å². The van der Waals surface area contributed by atoms with Gasteiger partial charge in [-0.3, -0.25) is 0 Å². The summed E-state index contributed by atoms with van der Waals surface area (Å²) in [6.45, 7) is 1.07. The van der Waals surface area contributed by atoms with Crippen molar-refractivity contribution in [2.75, 3.05) is 30.9 Å². The summed E-state index contributed by atoms with van der Waals surface area (Å²) in [5, 5.41) is 3.47. The second-order valence-corrected chi connectivity index (χ2v) is 5.18. The monoisotopic (exact) mass is 253 g/mol. The predicted molar refractivity (Wildman–Crippen MR) is 80.8 cm³/mol. The maximum absolute atomic E-state index is 4.69. The zero-order valence-corrected chi connectivity index (χ0v) is 11.5. The SMILES string of the molecule is CN(C)c1cccc(-c2ccc3c(c2)NCCC3)n1. The summed E-state index contributed by atoms with van der Waals surface area (Å²) >= 11 is 0. The van der Waals surface area contributed by atoms with Crippen LogP contribution >= 0.6 is 0 Å². The Labute approximate surface area is 114 Å². The molecule has 0 saturated carbocycles. The van der Waals surface area contributed by atoms with E-state index in [4.69, 9.17) is 0 Å². The third-order valence-electron chi connectivity index (χ3n) is 3.54. The van der Waals surface area contributed by atoms with E-state index < -0.39 is 0 Å². The van der Waals surface area contributed by atoms with E-state index in [0.717, 1.165) is 18.1 Å². The number of pyridine rings is 1. The molecule has 2 heterocycles. The van der Waals surface area contributed by atoms with Crippen molar-refractivity contribution in [1.29, 1.82) is 0 Å². The summed E-state index contributed by atoms with van der Waals surface area (Å²) in [5.74, 6) is 0.989. The average Bonchev–Trinajstić information content (AvgIpc) is 2.47. The summed E-state index contributed by atoms with van der Waals surface area (Å²) in [6, 6.07) is 12.8. The number of aromatic nitrogens is 1. The first-order valence-corrected chi connectivity index (χ1v) is 6.75. The van der Waals surface area contributed by atoms with Crippen LogP contribution in [0.3, 0.4) is 0 Å². The Bertz CT molecular complexity index is 590. The van der Waals surface area contributed by atoms with Gasteiger partial charge in [-0.15, -0.1) is 0 Å². The first kappa shape index (κ1) is 12.0. The zero-order chi connectivity index (χ0) is 13.2. The number of fused-ring (bicyclic) bond motifs is 1. The lowest BCUT2D eigenvalue weighted by atomic mass is 10.00. The molecule has 0 radical (unpaired) electrons. The lowest BCUT2D eigenvalue weighted by molar-refractivity contribution is 0.830. The fraction of sp³-hybridized carbons (Fsp3) is 0.312. The van der Waals surface area contributed by atoms with E-state index in [1.165, 1.54) is 29.7 Å². The van der Waals surface area contributed by atoms with Gasteiger partial charge in [0, 0.05) is 31.9 Å². The summed E-state index contributed by atoms with van der Waals surface area (Å²) in [6.07, 6.45) is 2.40. The molecule has 0 saturated heterocycles. The van der Waals surface area contributed by atoms with Crippen LogP contribution in [0.4, 0.5) is 11.5 Å². The highest BCUT2D eigenvalue weighted by molar-refractivity contribution is 5.69. The molecule has 3 rings (SSSR count). The molecule has 1 aromatic carbocycles. The van der Waals surface area contributed by atoms with Crippen molar-refractivity contribution in [2.45, 2.75) is 12.8 Å². The first-order valence-electron chi connectivity index (χ1n) is 6.75. The molecule has 3 heteroatoms. The molecule has 1 aliphatic heterocycles. The number of rotatable bonds is 2. The molecule has 1 aliphatic rings. The molecule has 0 unspecified atom stereocenters. The second kappa shape index (κ2) is 4.92. The molecule has 3 nitrogen and oxygen atoms in total. The largest absolute Gasteiger partial charge is 0.385 e. The van der Waals surface area contributed by atoms with E-state index in [2.05, 4.69) is 40.6 Å². The molecule has 0 amide bonds. The second-order valence-electron chi connectivity index (χ2n) is 5.18. The third-order valence-corrected chi connectivity index (χ3v) is 3.54. The molecule has 1 aromatic heterocycles. The Kier molecular flexibility index (Phi) is 3.11. The average molecular weight is 253 g/mol. The summed E-state index contributed by atoms with van der Waals surface area (Å²) in [5.41, 5.74) is 4.89. The van der Waals surface area contributed by atoms with Gasteiger partial charge < -0.3 is 10.2 Å². The Hall–Kier alpha value is -2.03. The van der Waals surface area contributed by atoms with Crippen LogP contribution in [0.15, 0.2) is 36.4 Å². The minimum Gasteiger partial charge on any atom is -0.385 e. The van der Waals surface area contributed by atoms with Crippen LogP contribution in [-0.4, -0.2) is 25.6 Å². The van der Waals surface area contributed by atoms with Crippen molar-refractivity contribution in [3.05, 3.63) is 42.0 Å². The molecular weight excluding hydrogens is 234 g/mol. The van der Waals surface area contributed by atoms with E-state index >= 15 is 0 Å². The predicted octanol–water partition coefficient (Wildman–Crippen LogP) is 3.17. The van der Waals surface area contributed by atoms with Crippen LogP contribution in [-0.2, 0) is 6.42 Å². The Morgan fingerprint density at radius 3 is 2.89 bits per heavy atom. The number of nitrogens with one attached hydrogen (secondary N) is 1. The highest BCUT2D eigenvalue weighted by atomic mass is 15.1. The summed E-state index contributed by atoms with van der Waals surface area (Å²) in [7, 11) is 4.03. The van der Waals surface area contributed by atoms with Gasteiger partial charge in [0.15, 0.2) is 0 Å². The number of nitrogens with zero attached hydrogens (tertiary/aromatic N) is 2. The van der Waals surface area contributed by atoms with Gasteiger partial charge >= 0.3 is 0 Å². The molecule has 0 atom stereocenters. The number of aryl methyl sites for hydroxylation is 1. The fourth-order valence-corrected chi connectivity index (χ4v) is 2.45. The number of hydrogen-bond acceptors (Lipinski definition) is 3. The maximum Gasteiger partial charge on any atom is 0.128 e. The highest BCUT2D eigenvalue weighted by Crippen LogP contribution is 2.28. The third kappa shape index (κ3) is 2.41. The van der Waals surface area contributed by atoms with Crippen molar-refractivity contribution in [2.24, 2.45) is 0 Å². The zero-order valence-electron chi connectivity index (χ0n) is 11.5. The molecule has 0 fully saturated rings. The van der Waals surface area contributed by atoms with Crippen LogP contribution in [0, 0.1) is 0 Å². The van der Waals surface area contributed by atoms with E-state index in [-0.39, 0.29) is 0 Å². The number of benzene rings is 1. The van der Waals surface area contributed by atoms with Crippen molar-refractivity contribution in [3.63, 3.8) is 0 Å². The van der Waals surface area contributed by atoms with E-state index in [1.54, 1.807) is 0 Å². The maximum atomic E-state index is 4.69. The lowest BCUT2D eigenvalue weighted by Gasteiger charge is -2.19. The van der Waals surface area contributed by atoms with E-state index in [1.807, 2.05) is 25.1 Å². The van der Waals surface area contributed by atoms with Gasteiger partial charge in [0.2, 0.25) is 0 Å². The smallest absolute Gasteiger partial charge is 0.128 e. The van der Waals surface area contributed by atoms with Gasteiger partial charge in [-0.25, -0.2) is 4.98 Å². The van der Waals surface area contributed by atoms with Crippen molar-refractivity contribution in [1.82, 2.24) is 4.98 Å². The van der Waals surface area contributed by atoms with Gasteiger partial charge in [-0.2, -0.15) is 0 Å². The minimum absolute atomic E-state index is 0.989. The quantitative estimate of drug-likeness (QED) is 0.891. The first-order chi connectivity index (χ1) is 9.24. The lowest BCUT2D eigenvalue weighted by Crippen LogP contribution is -2.12. The Morgan fingerprint density at radius 1 is 1.16 bits per heavy atom. The molecule has 2 aromatic rings. The number of hydrogen-bond donors (Lipinski definition) is 1. The van der Waals surface area contributed by atoms with Gasteiger partial charge in [-0.05, 0) is 36.6 Å². The van der Waals surface area contributed by atoms with Crippen LogP contribution in [0.2, 0.25) is 0 Å². The molecular formula is C16H19N3. The van der Waals surface area contributed by atoms with E-state index in [9.17, 15) is 0 Å². The van der Waals surface area contributed by atoms with E-state index in [0.29, 0.717) is 0 Å². The summed E-state index contributed by atoms with van der Waals surface area (Å²) in [4.78, 5) is 6.72. The standard InChI is InChI=1S/C16H19N3/c1-19(2)16-7-3-6-14(18-16)13-9-8-12-5-4-10-17-15(12)11-13/h3,6-9,11,17H,4-5,10H2,1-2H3. The molecule has 0 spiro atoms. The van der Waals surface area contributed by atoms with Crippen molar-refractivity contribution < 1.29 is 0 Å². The molecule has 19 heavy (non-hydrogen) atoms. The number of anilines is 2. The van der Waals surface area contributed by atoms with Gasteiger partial charge in [0.1, 0.15) is 5.82 Å². The van der Waals surface area contributed by atoms with Crippen molar-refractivity contribution in [3.8, 4) is 11.3 Å². The van der Waals surface area contributed by atoms with Gasteiger partial charge in [0.05, 0.1) is 5.69 Å². The summed E-state index contributed by atoms with van der Waals surface area (Å²) < 4.78 is 0. The van der Waals surface area contributed by atoms with Crippen LogP contribution < -0.4 is 10.2 Å². The minimum atomic E-state index is 0.989. The normalized spacial score (nSPS) is 13.6. The topological polar surface area (TPSA) is 28.2 Å². The molecule has 0 aliphatic carbocycles. The Balaban J connectivity index is 2.00. The fourth-order valence-electron chi connectivity index (χ4n) is 2.45. The molecule has 98 valence electrons. The van der Waals surface area contributed by atoms with Gasteiger partial charge in [0.25, 0.3) is 0 Å². The van der Waals surface area contributed by atoms with Crippen molar-refractivity contribution >= 4 is 11.5 Å². The molecule has 1 N–H and O–H groups in total. The molecule has 0 bridgehead atoms. The van der Waals surface area contributed by atoms with Gasteiger partial charge in [-0.1, -0.05) is 18.2 Å². The van der Waals surface area contributed by atoms with Crippen LogP contribution in [0.25, 0.3) is 11.3 Å². The Morgan fingerprint density at radius 2 is 2.05 bits per heavy atom. The van der Waals surface area contributed by atoms with Crippen LogP contribution in [0.1, 0.15) is 12.0 Å².